The van der Waals surface area contributed by atoms with E-state index in [-0.39, 0.29) is 12.5 Å². The molecule has 2 heterocycles. The molecular weight excluding hydrogens is 446 g/mol. The van der Waals surface area contributed by atoms with Gasteiger partial charge in [-0.05, 0) is 57.0 Å². The first-order valence-electron chi connectivity index (χ1n) is 11.6. The summed E-state index contributed by atoms with van der Waals surface area (Å²) < 4.78 is 19.3. The molecular formula is C27H29N3O5. The summed E-state index contributed by atoms with van der Waals surface area (Å²) in [5.41, 5.74) is 3.51. The maximum absolute atomic E-state index is 11.0. The molecule has 0 saturated heterocycles. The number of carboxylic acids is 1. The van der Waals surface area contributed by atoms with Crippen LogP contribution in [0.15, 0.2) is 65.2 Å². The van der Waals surface area contributed by atoms with Crippen molar-refractivity contribution in [3.05, 3.63) is 83.4 Å². The largest absolute Gasteiger partial charge is 0.487 e. The molecule has 0 amide bonds. The van der Waals surface area contributed by atoms with E-state index < -0.39 is 5.97 Å². The van der Waals surface area contributed by atoms with Crippen LogP contribution in [0.25, 0.3) is 11.5 Å². The molecule has 0 unspecified atom stereocenters. The van der Waals surface area contributed by atoms with Crippen LogP contribution in [0.2, 0.25) is 0 Å². The van der Waals surface area contributed by atoms with E-state index in [9.17, 15) is 4.79 Å². The molecule has 0 bridgehead atoms. The molecule has 8 nitrogen and oxygen atoms in total. The lowest BCUT2D eigenvalue weighted by Gasteiger charge is -2.08. The normalized spacial score (nSPS) is 11.1. The van der Waals surface area contributed by atoms with Gasteiger partial charge in [-0.1, -0.05) is 30.3 Å². The fourth-order valence-electron chi connectivity index (χ4n) is 3.56. The number of aromatic nitrogens is 3. The van der Waals surface area contributed by atoms with Crippen LogP contribution in [0.4, 0.5) is 0 Å². The van der Waals surface area contributed by atoms with Crippen LogP contribution < -0.4 is 9.47 Å². The summed E-state index contributed by atoms with van der Waals surface area (Å²) in [7, 11) is 0. The summed E-state index contributed by atoms with van der Waals surface area (Å²) in [6.07, 6.45) is 2.21. The zero-order valence-electron chi connectivity index (χ0n) is 20.1. The van der Waals surface area contributed by atoms with E-state index in [2.05, 4.69) is 10.1 Å². The number of aryl methyl sites for hydroxylation is 2. The Morgan fingerprint density at radius 2 is 1.86 bits per heavy atom. The van der Waals surface area contributed by atoms with Crippen LogP contribution in [0.3, 0.4) is 0 Å². The second kappa shape index (κ2) is 10.9. The van der Waals surface area contributed by atoms with Gasteiger partial charge in [0.15, 0.2) is 0 Å². The Hall–Kier alpha value is -4.07. The van der Waals surface area contributed by atoms with E-state index in [4.69, 9.17) is 19.0 Å². The van der Waals surface area contributed by atoms with E-state index in [1.165, 1.54) is 0 Å². The Kier molecular flexibility index (Phi) is 7.50. The van der Waals surface area contributed by atoms with Crippen molar-refractivity contribution in [3.8, 4) is 23.1 Å². The molecule has 0 aliphatic carbocycles. The SMILES string of the molecule is Cc1oc(-c2ccccc2)nc1COc1ccc(Cn2cc(CCC(=O)O)c(OC(C)C)n2)cc1. The van der Waals surface area contributed by atoms with Crippen LogP contribution in [-0.4, -0.2) is 31.9 Å². The van der Waals surface area contributed by atoms with Gasteiger partial charge in [-0.15, -0.1) is 5.10 Å². The molecule has 0 aliphatic rings. The van der Waals surface area contributed by atoms with Gasteiger partial charge in [-0.25, -0.2) is 4.98 Å². The number of rotatable bonds is 11. The molecule has 2 aromatic heterocycles. The van der Waals surface area contributed by atoms with E-state index in [0.29, 0.717) is 31.3 Å². The standard InChI is InChI=1S/C27H29N3O5/c1-18(2)34-27-22(11-14-25(31)32)16-30(29-27)15-20-9-12-23(13-10-20)33-17-24-19(3)35-26(28-24)21-7-5-4-6-8-21/h4-10,12-13,16,18H,11,14-15,17H2,1-3H3,(H,31,32). The van der Waals surface area contributed by atoms with Gasteiger partial charge < -0.3 is 19.0 Å². The predicted molar refractivity (Wildman–Crippen MR) is 130 cm³/mol. The minimum Gasteiger partial charge on any atom is -0.487 e. The van der Waals surface area contributed by atoms with Crippen molar-refractivity contribution >= 4 is 5.97 Å². The van der Waals surface area contributed by atoms with Crippen LogP contribution in [0.1, 0.15) is 42.8 Å². The number of hydrogen-bond donors (Lipinski definition) is 1. The predicted octanol–water partition coefficient (Wildman–Crippen LogP) is 5.28. The lowest BCUT2D eigenvalue weighted by Crippen LogP contribution is -2.08. The van der Waals surface area contributed by atoms with Gasteiger partial charge in [0, 0.05) is 23.7 Å². The van der Waals surface area contributed by atoms with Gasteiger partial charge in [0.2, 0.25) is 11.8 Å². The van der Waals surface area contributed by atoms with E-state index in [1.54, 1.807) is 4.68 Å². The smallest absolute Gasteiger partial charge is 0.303 e. The second-order valence-corrected chi connectivity index (χ2v) is 8.54. The van der Waals surface area contributed by atoms with Gasteiger partial charge in [0.25, 0.3) is 0 Å². The number of benzene rings is 2. The Balaban J connectivity index is 1.38. The molecule has 182 valence electrons. The molecule has 0 fully saturated rings. The van der Waals surface area contributed by atoms with Gasteiger partial charge in [-0.3, -0.25) is 9.48 Å². The Morgan fingerprint density at radius 3 is 2.54 bits per heavy atom. The highest BCUT2D eigenvalue weighted by atomic mass is 16.5. The summed E-state index contributed by atoms with van der Waals surface area (Å²) in [6.45, 7) is 6.56. The topological polar surface area (TPSA) is 99.6 Å². The molecule has 4 rings (SSSR count). The third kappa shape index (κ3) is 6.50. The van der Waals surface area contributed by atoms with Gasteiger partial charge in [0.05, 0.1) is 12.6 Å². The molecule has 35 heavy (non-hydrogen) atoms. The van der Waals surface area contributed by atoms with Crippen molar-refractivity contribution in [1.82, 2.24) is 14.8 Å². The molecule has 0 atom stereocenters. The van der Waals surface area contributed by atoms with Crippen molar-refractivity contribution in [3.63, 3.8) is 0 Å². The van der Waals surface area contributed by atoms with Crippen LogP contribution >= 0.6 is 0 Å². The molecule has 2 aromatic carbocycles. The number of ether oxygens (including phenoxy) is 2. The monoisotopic (exact) mass is 475 g/mol. The highest BCUT2D eigenvalue weighted by molar-refractivity contribution is 5.67. The molecule has 0 saturated carbocycles. The van der Waals surface area contributed by atoms with E-state index >= 15 is 0 Å². The third-order valence-electron chi connectivity index (χ3n) is 5.31. The minimum atomic E-state index is -0.846. The molecule has 1 N–H and O–H groups in total. The third-order valence-corrected chi connectivity index (χ3v) is 5.31. The number of oxazole rings is 1. The number of nitrogens with zero attached hydrogens (tertiary/aromatic N) is 3. The molecule has 8 heteroatoms. The Labute approximate surface area is 204 Å². The summed E-state index contributed by atoms with van der Waals surface area (Å²) in [6, 6.07) is 17.5. The number of carboxylic acid groups (broad SMARTS) is 1. The maximum atomic E-state index is 11.0. The maximum Gasteiger partial charge on any atom is 0.303 e. The summed E-state index contributed by atoms with van der Waals surface area (Å²) in [5, 5.41) is 13.5. The number of aliphatic carboxylic acids is 1. The first-order chi connectivity index (χ1) is 16.9. The quantitative estimate of drug-likeness (QED) is 0.315. The average molecular weight is 476 g/mol. The zero-order chi connectivity index (χ0) is 24.8. The summed E-state index contributed by atoms with van der Waals surface area (Å²) in [5.74, 6) is 1.68. The van der Waals surface area contributed by atoms with Crippen molar-refractivity contribution in [1.29, 1.82) is 0 Å². The van der Waals surface area contributed by atoms with Crippen molar-refractivity contribution < 1.29 is 23.8 Å². The van der Waals surface area contributed by atoms with Crippen LogP contribution in [0.5, 0.6) is 11.6 Å². The zero-order valence-corrected chi connectivity index (χ0v) is 20.1. The van der Waals surface area contributed by atoms with E-state index in [1.807, 2.05) is 81.6 Å². The highest BCUT2D eigenvalue weighted by Gasteiger charge is 2.14. The van der Waals surface area contributed by atoms with Crippen molar-refractivity contribution in [2.24, 2.45) is 0 Å². The minimum absolute atomic E-state index is 0.0318. The van der Waals surface area contributed by atoms with Gasteiger partial charge in [0.1, 0.15) is 23.8 Å². The first kappa shape index (κ1) is 24.1. The highest BCUT2D eigenvalue weighted by Crippen LogP contribution is 2.24. The summed E-state index contributed by atoms with van der Waals surface area (Å²) >= 11 is 0. The fourth-order valence-corrected chi connectivity index (χ4v) is 3.56. The van der Waals surface area contributed by atoms with E-state index in [0.717, 1.165) is 33.9 Å². The second-order valence-electron chi connectivity index (χ2n) is 8.54. The fraction of sp³-hybridized carbons (Fsp3) is 0.296. The molecule has 0 spiro atoms. The van der Waals surface area contributed by atoms with Gasteiger partial charge >= 0.3 is 5.97 Å². The average Bonchev–Trinajstić information content (AvgIpc) is 3.39. The summed E-state index contributed by atoms with van der Waals surface area (Å²) in [4.78, 5) is 15.5. The first-order valence-corrected chi connectivity index (χ1v) is 11.6. The number of hydrogen-bond acceptors (Lipinski definition) is 6. The van der Waals surface area contributed by atoms with Crippen LogP contribution in [0, 0.1) is 6.92 Å². The van der Waals surface area contributed by atoms with Gasteiger partial charge in [-0.2, -0.15) is 0 Å². The lowest BCUT2D eigenvalue weighted by molar-refractivity contribution is -0.136. The number of carbonyl (C=O) groups is 1. The van der Waals surface area contributed by atoms with Crippen molar-refractivity contribution in [2.45, 2.75) is 52.9 Å². The molecule has 4 aromatic rings. The molecule has 0 aliphatic heterocycles. The lowest BCUT2D eigenvalue weighted by atomic mass is 10.2. The van der Waals surface area contributed by atoms with Crippen molar-refractivity contribution in [2.75, 3.05) is 0 Å². The molecule has 0 radical (unpaired) electrons. The Morgan fingerprint density at radius 1 is 1.11 bits per heavy atom. The van der Waals surface area contributed by atoms with Crippen LogP contribution in [-0.2, 0) is 24.4 Å². The Bertz CT molecular complexity index is 1260.